The Bertz CT molecular complexity index is 1390. The molecule has 2 N–H and O–H groups in total. The maximum absolute atomic E-state index is 13.0. The molecular formula is C25H20ClF3N2O2S. The van der Waals surface area contributed by atoms with E-state index in [2.05, 4.69) is 22.2 Å². The first-order valence-electron chi connectivity index (χ1n) is 10.7. The number of hydrogen-bond acceptors (Lipinski definition) is 3. The molecule has 0 radical (unpaired) electrons. The molecule has 4 nitrogen and oxygen atoms in total. The van der Waals surface area contributed by atoms with Crippen molar-refractivity contribution in [2.75, 3.05) is 10.0 Å². The van der Waals surface area contributed by atoms with Gasteiger partial charge >= 0.3 is 6.18 Å². The highest BCUT2D eigenvalue weighted by Gasteiger charge is 2.39. The Labute approximate surface area is 200 Å². The number of alkyl halides is 3. The lowest BCUT2D eigenvalue weighted by Gasteiger charge is -2.38. The fourth-order valence-corrected chi connectivity index (χ4v) is 6.09. The van der Waals surface area contributed by atoms with E-state index in [0.717, 1.165) is 35.4 Å². The van der Waals surface area contributed by atoms with Crippen LogP contribution in [0, 0.1) is 5.92 Å². The summed E-state index contributed by atoms with van der Waals surface area (Å²) in [4.78, 5) is -0.0132. The van der Waals surface area contributed by atoms with E-state index in [0.29, 0.717) is 5.02 Å². The summed E-state index contributed by atoms with van der Waals surface area (Å²) in [7, 11) is -4.10. The molecule has 2 aliphatic rings. The van der Waals surface area contributed by atoms with Gasteiger partial charge in [0.1, 0.15) is 0 Å². The molecule has 0 fully saturated rings. The summed E-state index contributed by atoms with van der Waals surface area (Å²) in [5, 5.41) is 4.18. The van der Waals surface area contributed by atoms with Crippen LogP contribution >= 0.6 is 11.6 Å². The van der Waals surface area contributed by atoms with Crippen molar-refractivity contribution in [1.29, 1.82) is 0 Å². The topological polar surface area (TPSA) is 58.2 Å². The van der Waals surface area contributed by atoms with Crippen molar-refractivity contribution < 1.29 is 21.6 Å². The molecule has 0 spiro atoms. The van der Waals surface area contributed by atoms with Crippen LogP contribution in [0.2, 0.25) is 5.02 Å². The number of anilines is 2. The van der Waals surface area contributed by atoms with Crippen LogP contribution in [-0.4, -0.2) is 8.42 Å². The van der Waals surface area contributed by atoms with Crippen molar-refractivity contribution in [1.82, 2.24) is 0 Å². The summed E-state index contributed by atoms with van der Waals surface area (Å²) in [5.41, 5.74) is 1.54. The van der Waals surface area contributed by atoms with E-state index in [4.69, 9.17) is 11.6 Å². The normalized spacial score (nSPS) is 21.5. The highest BCUT2D eigenvalue weighted by Crippen LogP contribution is 2.51. The molecule has 0 saturated heterocycles. The number of allylic oxidation sites excluding steroid dienone is 2. The average Bonchev–Trinajstić information content (AvgIpc) is 3.28. The minimum atomic E-state index is -4.57. The summed E-state index contributed by atoms with van der Waals surface area (Å²) in [6, 6.07) is 16.5. The minimum absolute atomic E-state index is 0.0127. The molecule has 1 heterocycles. The van der Waals surface area contributed by atoms with E-state index in [1.807, 2.05) is 24.3 Å². The van der Waals surface area contributed by atoms with Crippen molar-refractivity contribution in [2.45, 2.75) is 29.5 Å². The third-order valence-electron chi connectivity index (χ3n) is 6.33. The van der Waals surface area contributed by atoms with Crippen LogP contribution in [0.4, 0.5) is 24.5 Å². The fourth-order valence-electron chi connectivity index (χ4n) is 4.75. The van der Waals surface area contributed by atoms with Crippen molar-refractivity contribution in [3.05, 3.63) is 101 Å². The summed E-state index contributed by atoms with van der Waals surface area (Å²) in [5.74, 6) is 0.142. The van der Waals surface area contributed by atoms with Gasteiger partial charge in [-0.15, -0.1) is 0 Å². The van der Waals surface area contributed by atoms with E-state index in [-0.39, 0.29) is 28.5 Å². The van der Waals surface area contributed by atoms with E-state index < -0.39 is 21.8 Å². The van der Waals surface area contributed by atoms with Crippen LogP contribution in [0.25, 0.3) is 0 Å². The lowest BCUT2D eigenvalue weighted by molar-refractivity contribution is -0.137. The minimum Gasteiger partial charge on any atom is -0.378 e. The SMILES string of the molecule is O=S(=O)(Nc1cccc(C(F)(F)F)c1)c1ccc2c(c1)[C@@H]1C=CC[C@@H]1[C@H](c1ccccc1Cl)N2. The maximum atomic E-state index is 13.0. The van der Waals surface area contributed by atoms with Crippen molar-refractivity contribution >= 4 is 33.0 Å². The molecule has 0 bridgehead atoms. The molecule has 9 heteroatoms. The fraction of sp³-hybridized carbons (Fsp3) is 0.200. The molecule has 1 aliphatic heterocycles. The Hall–Kier alpha value is -2.97. The largest absolute Gasteiger partial charge is 0.416 e. The van der Waals surface area contributed by atoms with Gasteiger partial charge in [0.15, 0.2) is 0 Å². The maximum Gasteiger partial charge on any atom is 0.416 e. The summed E-state index contributed by atoms with van der Waals surface area (Å²) >= 11 is 6.46. The summed E-state index contributed by atoms with van der Waals surface area (Å²) in [6.45, 7) is 0. The lowest BCUT2D eigenvalue weighted by Crippen LogP contribution is -2.29. The zero-order valence-corrected chi connectivity index (χ0v) is 19.3. The van der Waals surface area contributed by atoms with Gasteiger partial charge in [-0.2, -0.15) is 13.2 Å². The monoisotopic (exact) mass is 504 g/mol. The Balaban J connectivity index is 1.47. The van der Waals surface area contributed by atoms with Crippen LogP contribution in [0.15, 0.2) is 83.8 Å². The van der Waals surface area contributed by atoms with E-state index in [1.165, 1.54) is 18.2 Å². The molecule has 0 unspecified atom stereocenters. The van der Waals surface area contributed by atoms with Crippen molar-refractivity contribution in [2.24, 2.45) is 5.92 Å². The second-order valence-corrected chi connectivity index (χ2v) is 10.5. The number of halogens is 4. The van der Waals surface area contributed by atoms with Crippen LogP contribution in [-0.2, 0) is 16.2 Å². The van der Waals surface area contributed by atoms with Gasteiger partial charge in [-0.3, -0.25) is 4.72 Å². The molecule has 34 heavy (non-hydrogen) atoms. The molecule has 0 aromatic heterocycles. The van der Waals surface area contributed by atoms with Gasteiger partial charge in [0.05, 0.1) is 16.5 Å². The first-order chi connectivity index (χ1) is 16.1. The highest BCUT2D eigenvalue weighted by atomic mass is 35.5. The van der Waals surface area contributed by atoms with E-state index in [9.17, 15) is 21.6 Å². The number of sulfonamides is 1. The van der Waals surface area contributed by atoms with Crippen LogP contribution in [0.5, 0.6) is 0 Å². The Kier molecular flexibility index (Phi) is 5.61. The molecule has 0 saturated carbocycles. The van der Waals surface area contributed by atoms with Gasteiger partial charge in [0, 0.05) is 22.3 Å². The average molecular weight is 505 g/mol. The Morgan fingerprint density at radius 3 is 2.53 bits per heavy atom. The lowest BCUT2D eigenvalue weighted by atomic mass is 9.77. The molecule has 3 atom stereocenters. The molecule has 176 valence electrons. The molecule has 3 aromatic rings. The number of rotatable bonds is 4. The quantitative estimate of drug-likeness (QED) is 0.377. The first-order valence-corrected chi connectivity index (χ1v) is 12.5. The van der Waals surface area contributed by atoms with Crippen LogP contribution in [0.3, 0.4) is 0 Å². The Morgan fingerprint density at radius 1 is 0.971 bits per heavy atom. The van der Waals surface area contributed by atoms with Gasteiger partial charge in [-0.1, -0.05) is 48.0 Å². The standard InChI is InChI=1S/C25H20ClF3N2O2S/c26-22-10-2-1-7-20(22)24-19-9-4-8-18(19)21-14-17(11-12-23(21)30-24)34(32,33)31-16-6-3-5-15(13-16)25(27,28)29/h1-8,10-14,18-19,24,30-31H,9H2/t18-,19+,24-/m1/s1. The van der Waals surface area contributed by atoms with Crippen molar-refractivity contribution in [3.8, 4) is 0 Å². The summed E-state index contributed by atoms with van der Waals surface area (Å²) < 4.78 is 67.4. The van der Waals surface area contributed by atoms with Gasteiger partial charge in [-0.25, -0.2) is 8.42 Å². The second-order valence-electron chi connectivity index (χ2n) is 8.43. The van der Waals surface area contributed by atoms with E-state index >= 15 is 0 Å². The predicted octanol–water partition coefficient (Wildman–Crippen LogP) is 6.99. The number of fused-ring (bicyclic) bond motifs is 3. The number of nitrogens with one attached hydrogen (secondary N) is 2. The molecule has 5 rings (SSSR count). The molecule has 3 aromatic carbocycles. The summed E-state index contributed by atoms with van der Waals surface area (Å²) in [6.07, 6.45) is 0.399. The molecular weight excluding hydrogens is 485 g/mol. The molecule has 0 amide bonds. The van der Waals surface area contributed by atoms with Crippen LogP contribution in [0.1, 0.15) is 35.1 Å². The number of benzene rings is 3. The highest BCUT2D eigenvalue weighted by molar-refractivity contribution is 7.92. The predicted molar refractivity (Wildman–Crippen MR) is 126 cm³/mol. The molecule has 1 aliphatic carbocycles. The first kappa shape index (κ1) is 22.8. The third-order valence-corrected chi connectivity index (χ3v) is 8.05. The zero-order chi connectivity index (χ0) is 24.1. The third kappa shape index (κ3) is 4.16. The number of hydrogen-bond donors (Lipinski definition) is 2. The van der Waals surface area contributed by atoms with Gasteiger partial charge < -0.3 is 5.32 Å². The zero-order valence-electron chi connectivity index (χ0n) is 17.7. The van der Waals surface area contributed by atoms with Gasteiger partial charge in [0.25, 0.3) is 10.0 Å². The van der Waals surface area contributed by atoms with Crippen molar-refractivity contribution in [3.63, 3.8) is 0 Å². The second kappa shape index (κ2) is 8.36. The van der Waals surface area contributed by atoms with Gasteiger partial charge in [-0.05, 0) is 65.9 Å². The smallest absolute Gasteiger partial charge is 0.378 e. The van der Waals surface area contributed by atoms with E-state index in [1.54, 1.807) is 12.1 Å². The van der Waals surface area contributed by atoms with Gasteiger partial charge in [0.2, 0.25) is 0 Å². The Morgan fingerprint density at radius 2 is 1.76 bits per heavy atom. The van der Waals surface area contributed by atoms with Crippen LogP contribution < -0.4 is 10.0 Å².